The van der Waals surface area contributed by atoms with Crippen LogP contribution in [0.5, 0.6) is 5.75 Å². The zero-order chi connectivity index (χ0) is 19.9. The molecule has 1 heterocycles. The number of hydrogen-bond acceptors (Lipinski definition) is 3. The Morgan fingerprint density at radius 1 is 1.25 bits per heavy atom. The summed E-state index contributed by atoms with van der Waals surface area (Å²) in [5.41, 5.74) is 1.89. The number of amides is 1. The Bertz CT molecular complexity index is 795. The second-order valence-electron chi connectivity index (χ2n) is 6.88. The summed E-state index contributed by atoms with van der Waals surface area (Å²) in [5.74, 6) is 0.133. The van der Waals surface area contributed by atoms with Crippen molar-refractivity contribution in [2.24, 2.45) is 0 Å². The van der Waals surface area contributed by atoms with Gasteiger partial charge in [-0.25, -0.2) is 4.39 Å². The molecule has 1 aliphatic rings. The second kappa shape index (κ2) is 9.87. The first-order chi connectivity index (χ1) is 13.5. The largest absolute Gasteiger partial charge is 0.484 e. The molecule has 28 heavy (non-hydrogen) atoms. The van der Waals surface area contributed by atoms with Crippen LogP contribution in [0.2, 0.25) is 5.02 Å². The summed E-state index contributed by atoms with van der Waals surface area (Å²) in [6.45, 7) is 5.31. The first-order valence-electron chi connectivity index (χ1n) is 9.36. The lowest BCUT2D eigenvalue weighted by Crippen LogP contribution is -3.15. The van der Waals surface area contributed by atoms with E-state index in [2.05, 4.69) is 5.32 Å². The van der Waals surface area contributed by atoms with Crippen LogP contribution in [0.4, 0.5) is 4.39 Å². The molecule has 0 radical (unpaired) electrons. The van der Waals surface area contributed by atoms with Crippen molar-refractivity contribution in [2.45, 2.75) is 13.0 Å². The molecule has 0 aromatic heterocycles. The van der Waals surface area contributed by atoms with Crippen LogP contribution < -0.4 is 15.0 Å². The van der Waals surface area contributed by atoms with Gasteiger partial charge in [-0.3, -0.25) is 4.79 Å². The Kier molecular flexibility index (Phi) is 7.25. The number of nitrogens with one attached hydrogen (secondary N) is 2. The lowest BCUT2D eigenvalue weighted by Gasteiger charge is -2.32. The first-order valence-corrected chi connectivity index (χ1v) is 9.74. The summed E-state index contributed by atoms with van der Waals surface area (Å²) in [6, 6.07) is 11.8. The smallest absolute Gasteiger partial charge is 0.258 e. The zero-order valence-corrected chi connectivity index (χ0v) is 16.6. The average molecular weight is 408 g/mol. The van der Waals surface area contributed by atoms with Crippen molar-refractivity contribution in [3.8, 4) is 5.75 Å². The molecule has 1 aliphatic heterocycles. The maximum absolute atomic E-state index is 13.3. The van der Waals surface area contributed by atoms with E-state index >= 15 is 0 Å². The number of ether oxygens (including phenoxy) is 2. The van der Waals surface area contributed by atoms with Gasteiger partial charge in [0.05, 0.1) is 19.8 Å². The van der Waals surface area contributed by atoms with Gasteiger partial charge in [0.25, 0.3) is 5.91 Å². The molecule has 1 fully saturated rings. The van der Waals surface area contributed by atoms with E-state index in [-0.39, 0.29) is 24.4 Å². The molecule has 3 rings (SSSR count). The Morgan fingerprint density at radius 3 is 2.64 bits per heavy atom. The van der Waals surface area contributed by atoms with Gasteiger partial charge >= 0.3 is 0 Å². The predicted molar refractivity (Wildman–Crippen MR) is 105 cm³/mol. The fraction of sp³-hybridized carbons (Fsp3) is 0.381. The SMILES string of the molecule is Cc1cc(OCC(=O)NC[C@@H](c2ccc(F)cc2)[NH+]2CCOCC2)ccc1Cl. The first kappa shape index (κ1) is 20.6. The molecule has 150 valence electrons. The molecule has 0 spiro atoms. The van der Waals surface area contributed by atoms with E-state index in [1.165, 1.54) is 17.0 Å². The Balaban J connectivity index is 1.58. The van der Waals surface area contributed by atoms with Crippen molar-refractivity contribution < 1.29 is 23.6 Å². The maximum atomic E-state index is 13.3. The molecule has 0 aliphatic carbocycles. The molecule has 1 atom stereocenters. The number of carbonyl (C=O) groups excluding carboxylic acids is 1. The molecule has 0 unspecified atom stereocenters. The minimum absolute atomic E-state index is 0.0335. The number of carbonyl (C=O) groups is 1. The van der Waals surface area contributed by atoms with E-state index in [0.717, 1.165) is 24.2 Å². The van der Waals surface area contributed by atoms with E-state index in [4.69, 9.17) is 21.1 Å². The molecule has 5 nitrogen and oxygen atoms in total. The third-order valence-electron chi connectivity index (χ3n) is 4.90. The molecule has 7 heteroatoms. The molecular formula is C21H25ClFN2O3+. The van der Waals surface area contributed by atoms with Gasteiger partial charge in [-0.1, -0.05) is 23.7 Å². The van der Waals surface area contributed by atoms with E-state index < -0.39 is 0 Å². The Labute approximate surface area is 169 Å². The summed E-state index contributed by atoms with van der Waals surface area (Å²) >= 11 is 6.00. The van der Waals surface area contributed by atoms with Gasteiger partial charge in [-0.15, -0.1) is 0 Å². The van der Waals surface area contributed by atoms with Crippen LogP contribution >= 0.6 is 11.6 Å². The Hall–Kier alpha value is -2.15. The summed E-state index contributed by atoms with van der Waals surface area (Å²) in [7, 11) is 0. The van der Waals surface area contributed by atoms with Gasteiger partial charge in [0, 0.05) is 10.6 Å². The summed E-state index contributed by atoms with van der Waals surface area (Å²) in [6.07, 6.45) is 0. The van der Waals surface area contributed by atoms with Crippen molar-refractivity contribution in [1.82, 2.24) is 5.32 Å². The van der Waals surface area contributed by atoms with Gasteiger partial charge in [0.1, 0.15) is 30.7 Å². The summed E-state index contributed by atoms with van der Waals surface area (Å²) in [4.78, 5) is 13.6. The number of quaternary nitrogens is 1. The highest BCUT2D eigenvalue weighted by molar-refractivity contribution is 6.31. The standard InChI is InChI=1S/C21H24ClFN2O3/c1-15-12-18(6-7-19(15)22)28-14-21(26)24-13-20(25-8-10-27-11-9-25)16-2-4-17(23)5-3-16/h2-7,12,20H,8-11,13-14H2,1H3,(H,24,26)/p+1/t20-/m0/s1. The number of halogens is 2. The number of morpholine rings is 1. The zero-order valence-electron chi connectivity index (χ0n) is 15.8. The van der Waals surface area contributed by atoms with Crippen molar-refractivity contribution in [2.75, 3.05) is 39.5 Å². The van der Waals surface area contributed by atoms with Gasteiger partial charge in [0.15, 0.2) is 6.61 Å². The molecule has 0 saturated carbocycles. The second-order valence-corrected chi connectivity index (χ2v) is 7.29. The van der Waals surface area contributed by atoms with Gasteiger partial charge < -0.3 is 19.7 Å². The van der Waals surface area contributed by atoms with Crippen LogP contribution in [0.3, 0.4) is 0 Å². The highest BCUT2D eigenvalue weighted by Gasteiger charge is 2.27. The minimum atomic E-state index is -0.268. The molecule has 2 aromatic carbocycles. The molecule has 2 N–H and O–H groups in total. The van der Waals surface area contributed by atoms with Crippen LogP contribution in [0.1, 0.15) is 17.2 Å². The fourth-order valence-electron chi connectivity index (χ4n) is 3.30. The van der Waals surface area contributed by atoms with Gasteiger partial charge in [-0.2, -0.15) is 0 Å². The fourth-order valence-corrected chi connectivity index (χ4v) is 3.42. The van der Waals surface area contributed by atoms with Crippen LogP contribution in [0, 0.1) is 12.7 Å². The van der Waals surface area contributed by atoms with Crippen LogP contribution in [-0.2, 0) is 9.53 Å². The summed E-state index contributed by atoms with van der Waals surface area (Å²) in [5, 5.41) is 3.60. The quantitative estimate of drug-likeness (QED) is 0.737. The molecule has 2 aromatic rings. The topological polar surface area (TPSA) is 52.0 Å². The number of benzene rings is 2. The van der Waals surface area contributed by atoms with Crippen molar-refractivity contribution in [1.29, 1.82) is 0 Å². The highest BCUT2D eigenvalue weighted by atomic mass is 35.5. The molecule has 1 saturated heterocycles. The van der Waals surface area contributed by atoms with Crippen molar-refractivity contribution in [3.05, 3.63) is 64.4 Å². The van der Waals surface area contributed by atoms with E-state index in [0.29, 0.717) is 30.5 Å². The monoisotopic (exact) mass is 407 g/mol. The van der Waals surface area contributed by atoms with Gasteiger partial charge in [-0.05, 0) is 42.8 Å². The third-order valence-corrected chi connectivity index (χ3v) is 5.33. The predicted octanol–water partition coefficient (Wildman–Crippen LogP) is 1.94. The molecule has 1 amide bonds. The number of aryl methyl sites for hydroxylation is 1. The minimum Gasteiger partial charge on any atom is -0.484 e. The lowest BCUT2D eigenvalue weighted by molar-refractivity contribution is -0.937. The third kappa shape index (κ3) is 5.67. The normalized spacial score (nSPS) is 15.8. The highest BCUT2D eigenvalue weighted by Crippen LogP contribution is 2.20. The van der Waals surface area contributed by atoms with Crippen molar-refractivity contribution >= 4 is 17.5 Å². The number of hydrogen-bond donors (Lipinski definition) is 2. The van der Waals surface area contributed by atoms with E-state index in [1.54, 1.807) is 30.3 Å². The number of rotatable bonds is 7. The van der Waals surface area contributed by atoms with Crippen LogP contribution in [0.15, 0.2) is 42.5 Å². The van der Waals surface area contributed by atoms with Crippen LogP contribution in [-0.4, -0.2) is 45.4 Å². The molecular weight excluding hydrogens is 383 g/mol. The average Bonchev–Trinajstić information content (AvgIpc) is 2.71. The van der Waals surface area contributed by atoms with E-state index in [1.807, 2.05) is 6.92 Å². The maximum Gasteiger partial charge on any atom is 0.258 e. The van der Waals surface area contributed by atoms with Gasteiger partial charge in [0.2, 0.25) is 0 Å². The Morgan fingerprint density at radius 2 is 1.96 bits per heavy atom. The summed E-state index contributed by atoms with van der Waals surface area (Å²) < 4.78 is 24.3. The van der Waals surface area contributed by atoms with Crippen molar-refractivity contribution in [3.63, 3.8) is 0 Å². The van der Waals surface area contributed by atoms with Crippen LogP contribution in [0.25, 0.3) is 0 Å². The lowest BCUT2D eigenvalue weighted by atomic mass is 10.0. The van der Waals surface area contributed by atoms with E-state index in [9.17, 15) is 9.18 Å². The molecule has 0 bridgehead atoms.